The quantitative estimate of drug-likeness (QED) is 0.176. The van der Waals surface area contributed by atoms with Gasteiger partial charge in [0.15, 0.2) is 34.7 Å². The van der Waals surface area contributed by atoms with E-state index in [2.05, 4.69) is 0 Å². The maximum absolute atomic E-state index is 13.9. The molecule has 0 aliphatic heterocycles. The smallest absolute Gasteiger partial charge is 0.194 e. The van der Waals surface area contributed by atoms with Gasteiger partial charge in [0.05, 0.1) is 0 Å². The first-order chi connectivity index (χ1) is 24.3. The maximum Gasteiger partial charge on any atom is 0.194 e. The van der Waals surface area contributed by atoms with E-state index in [-0.39, 0.29) is 34.7 Å². The van der Waals surface area contributed by atoms with Gasteiger partial charge in [0.1, 0.15) is 0 Å². The third kappa shape index (κ3) is 3.14. The highest BCUT2D eigenvalue weighted by Gasteiger charge is 2.47. The SMILES string of the molecule is O=C1c2ccccc2C(=O)c2cc3c(cc21)C1c2cc4c(cc2C3c2cc3c(cc21)C(=O)c1ccccc1C3=O)C(=O)c1ccccc1C4=O. The fourth-order valence-electron chi connectivity index (χ4n) is 9.04. The first-order valence-corrected chi connectivity index (χ1v) is 16.4. The van der Waals surface area contributed by atoms with Gasteiger partial charge in [-0.3, -0.25) is 28.8 Å². The van der Waals surface area contributed by atoms with Gasteiger partial charge in [0.2, 0.25) is 0 Å². The van der Waals surface area contributed by atoms with E-state index in [1.54, 1.807) is 109 Å². The van der Waals surface area contributed by atoms with Gasteiger partial charge in [-0.05, 0) is 69.8 Å². The van der Waals surface area contributed by atoms with Crippen LogP contribution in [0.5, 0.6) is 0 Å². The Morgan fingerprint density at radius 3 is 0.560 bits per heavy atom. The predicted molar refractivity (Wildman–Crippen MR) is 181 cm³/mol. The van der Waals surface area contributed by atoms with E-state index in [1.165, 1.54) is 0 Å². The van der Waals surface area contributed by atoms with Crippen molar-refractivity contribution in [1.29, 1.82) is 0 Å². The molecule has 2 bridgehead atoms. The molecule has 50 heavy (non-hydrogen) atoms. The Balaban J connectivity index is 1.20. The third-order valence-electron chi connectivity index (χ3n) is 11.3. The first-order valence-electron chi connectivity index (χ1n) is 16.4. The van der Waals surface area contributed by atoms with Gasteiger partial charge in [0, 0.05) is 78.6 Å². The van der Waals surface area contributed by atoms with Gasteiger partial charge in [0.25, 0.3) is 0 Å². The van der Waals surface area contributed by atoms with Crippen molar-refractivity contribution in [3.63, 3.8) is 0 Å². The number of carbonyl (C=O) groups excluding carboxylic acids is 6. The van der Waals surface area contributed by atoms with Crippen molar-refractivity contribution in [3.8, 4) is 0 Å². The van der Waals surface area contributed by atoms with Gasteiger partial charge in [-0.2, -0.15) is 0 Å². The summed E-state index contributed by atoms with van der Waals surface area (Å²) in [7, 11) is 0. The molecule has 0 aromatic heterocycles. The van der Waals surface area contributed by atoms with E-state index < -0.39 is 11.8 Å². The Morgan fingerprint density at radius 2 is 0.400 bits per heavy atom. The summed E-state index contributed by atoms with van der Waals surface area (Å²) in [5, 5.41) is 0. The summed E-state index contributed by atoms with van der Waals surface area (Å²) in [6.45, 7) is 0. The molecule has 0 heterocycles. The summed E-state index contributed by atoms with van der Waals surface area (Å²) in [5.41, 5.74) is 8.66. The lowest BCUT2D eigenvalue weighted by atomic mass is 9.58. The summed E-state index contributed by atoms with van der Waals surface area (Å²) in [6.07, 6.45) is 0. The van der Waals surface area contributed by atoms with Crippen molar-refractivity contribution in [3.05, 3.63) is 209 Å². The van der Waals surface area contributed by atoms with Crippen LogP contribution < -0.4 is 0 Å². The number of benzene rings is 6. The van der Waals surface area contributed by atoms with E-state index in [0.29, 0.717) is 66.8 Å². The van der Waals surface area contributed by atoms with Crippen LogP contribution in [0.2, 0.25) is 0 Å². The minimum atomic E-state index is -0.541. The van der Waals surface area contributed by atoms with Gasteiger partial charge in [-0.1, -0.05) is 72.8 Å². The zero-order valence-electron chi connectivity index (χ0n) is 26.0. The van der Waals surface area contributed by atoms with Crippen LogP contribution in [0.25, 0.3) is 0 Å². The molecular formula is C44H20O6. The fourth-order valence-corrected chi connectivity index (χ4v) is 9.04. The summed E-state index contributed by atoms with van der Waals surface area (Å²) in [4.78, 5) is 83.4. The maximum atomic E-state index is 13.9. The number of carbonyl (C=O) groups is 6. The predicted octanol–water partition coefficient (Wildman–Crippen LogP) is 7.00. The standard InChI is InChI=1S/C44H20O6/c45-39-19-7-1-2-8-20(19)40(46)32-14-26-25(13-31(32)39)37-27-15-33-35(43(49)23-11-5-3-9-21(23)41(33)47)17-29(27)38(26)30-18-36-34(16-28(30)37)42(48)22-10-4-6-12-24(22)44(36)50/h1-18,37-38H. The topological polar surface area (TPSA) is 102 Å². The Kier molecular flexibility index (Phi) is 4.95. The summed E-state index contributed by atoms with van der Waals surface area (Å²) >= 11 is 0. The lowest BCUT2D eigenvalue weighted by molar-refractivity contribution is 0.0978. The Labute approximate surface area is 284 Å². The molecule has 0 unspecified atom stereocenters. The zero-order valence-corrected chi connectivity index (χ0v) is 26.0. The average Bonchev–Trinajstić information content (AvgIpc) is 3.16. The van der Waals surface area contributed by atoms with E-state index in [4.69, 9.17) is 0 Å². The van der Waals surface area contributed by atoms with E-state index in [0.717, 1.165) is 33.4 Å². The lowest BCUT2D eigenvalue weighted by Crippen LogP contribution is -2.33. The average molecular weight is 645 g/mol. The highest BCUT2D eigenvalue weighted by atomic mass is 16.2. The molecule has 0 spiro atoms. The number of ketones is 6. The molecular weight excluding hydrogens is 624 g/mol. The molecule has 6 aromatic rings. The lowest BCUT2D eigenvalue weighted by Gasteiger charge is -2.44. The Hall–Kier alpha value is -6.66. The number of hydrogen-bond donors (Lipinski definition) is 0. The van der Waals surface area contributed by atoms with Gasteiger partial charge < -0.3 is 0 Å². The van der Waals surface area contributed by atoms with Crippen LogP contribution in [0.1, 0.15) is 141 Å². The first kappa shape index (κ1) is 27.3. The molecule has 0 saturated heterocycles. The second-order valence-electron chi connectivity index (χ2n) is 13.6. The molecule has 6 aliphatic rings. The van der Waals surface area contributed by atoms with Crippen LogP contribution in [0.4, 0.5) is 0 Å². The fraction of sp³-hybridized carbons (Fsp3) is 0.0455. The van der Waals surface area contributed by atoms with Crippen molar-refractivity contribution >= 4 is 34.7 Å². The van der Waals surface area contributed by atoms with Crippen molar-refractivity contribution in [2.24, 2.45) is 0 Å². The van der Waals surface area contributed by atoms with Crippen molar-refractivity contribution in [1.82, 2.24) is 0 Å². The highest BCUT2D eigenvalue weighted by molar-refractivity contribution is 6.30. The minimum absolute atomic E-state index is 0.245. The molecule has 6 aromatic carbocycles. The monoisotopic (exact) mass is 644 g/mol. The molecule has 0 fully saturated rings. The van der Waals surface area contributed by atoms with Crippen LogP contribution in [0.3, 0.4) is 0 Å². The van der Waals surface area contributed by atoms with Crippen LogP contribution in [0, 0.1) is 0 Å². The molecule has 12 rings (SSSR count). The Bertz CT molecular complexity index is 2290. The van der Waals surface area contributed by atoms with Crippen molar-refractivity contribution in [2.45, 2.75) is 11.8 Å². The zero-order chi connectivity index (χ0) is 33.7. The molecule has 6 heteroatoms. The number of rotatable bonds is 0. The molecule has 0 saturated carbocycles. The largest absolute Gasteiger partial charge is 0.289 e. The van der Waals surface area contributed by atoms with Gasteiger partial charge in [-0.15, -0.1) is 0 Å². The van der Waals surface area contributed by atoms with Crippen LogP contribution in [0.15, 0.2) is 109 Å². The molecule has 232 valence electrons. The number of fused-ring (bicyclic) bond motifs is 6. The highest BCUT2D eigenvalue weighted by Crippen LogP contribution is 2.58. The molecule has 0 N–H and O–H groups in total. The molecule has 0 atom stereocenters. The van der Waals surface area contributed by atoms with E-state index in [1.807, 2.05) is 0 Å². The second-order valence-corrected chi connectivity index (χ2v) is 13.6. The number of hydrogen-bond acceptors (Lipinski definition) is 6. The Morgan fingerprint density at radius 1 is 0.240 bits per heavy atom. The van der Waals surface area contributed by atoms with E-state index in [9.17, 15) is 28.8 Å². The van der Waals surface area contributed by atoms with Crippen molar-refractivity contribution in [2.75, 3.05) is 0 Å². The molecule has 0 amide bonds. The summed E-state index contributed by atoms with van der Waals surface area (Å²) in [5.74, 6) is -2.55. The van der Waals surface area contributed by atoms with Crippen LogP contribution in [-0.4, -0.2) is 34.7 Å². The van der Waals surface area contributed by atoms with Gasteiger partial charge >= 0.3 is 0 Å². The third-order valence-corrected chi connectivity index (χ3v) is 11.3. The van der Waals surface area contributed by atoms with Gasteiger partial charge in [-0.25, -0.2) is 0 Å². The summed E-state index contributed by atoms with van der Waals surface area (Å²) in [6, 6.07) is 31.2. The van der Waals surface area contributed by atoms with Crippen molar-refractivity contribution < 1.29 is 28.8 Å². The van der Waals surface area contributed by atoms with Crippen LogP contribution in [-0.2, 0) is 0 Å². The molecule has 0 radical (unpaired) electrons. The normalized spacial score (nSPS) is 18.2. The molecule has 6 aliphatic carbocycles. The minimum Gasteiger partial charge on any atom is -0.289 e. The second kappa shape index (κ2) is 9.07. The van der Waals surface area contributed by atoms with E-state index >= 15 is 0 Å². The summed E-state index contributed by atoms with van der Waals surface area (Å²) < 4.78 is 0. The molecule has 6 nitrogen and oxygen atoms in total. The van der Waals surface area contributed by atoms with Crippen LogP contribution >= 0.6 is 0 Å².